The third-order valence-electron chi connectivity index (χ3n) is 4.87. The Morgan fingerprint density at radius 2 is 1.72 bits per heavy atom. The number of nitrogens with one attached hydrogen (secondary N) is 2. The van der Waals surface area contributed by atoms with E-state index in [9.17, 15) is 9.59 Å². The van der Waals surface area contributed by atoms with Crippen LogP contribution in [0.15, 0.2) is 54.9 Å². The second-order valence-electron chi connectivity index (χ2n) is 7.19. The fourth-order valence-corrected chi connectivity index (χ4v) is 3.06. The third-order valence-corrected chi connectivity index (χ3v) is 4.87. The van der Waals surface area contributed by atoms with Gasteiger partial charge in [-0.05, 0) is 43.0 Å². The highest BCUT2D eigenvalue weighted by Crippen LogP contribution is 2.17. The zero-order valence-electron chi connectivity index (χ0n) is 17.7. The molecule has 2 amide bonds. The van der Waals surface area contributed by atoms with Gasteiger partial charge in [-0.2, -0.15) is 0 Å². The second-order valence-corrected chi connectivity index (χ2v) is 7.19. The van der Waals surface area contributed by atoms with E-state index in [1.54, 1.807) is 6.92 Å². The van der Waals surface area contributed by atoms with Crippen molar-refractivity contribution in [1.82, 2.24) is 20.6 Å². The van der Waals surface area contributed by atoms with Crippen LogP contribution in [0.3, 0.4) is 0 Å². The normalized spacial score (nSPS) is 12.1. The fraction of sp³-hybridized carbons (Fsp3) is 0.273. The third kappa shape index (κ3) is 7.33. The zero-order valence-corrected chi connectivity index (χ0v) is 19.3. The van der Waals surface area contributed by atoms with Crippen molar-refractivity contribution in [3.05, 3.63) is 66.0 Å². The lowest BCUT2D eigenvalue weighted by atomic mass is 10.1. The Hall–Kier alpha value is -2.94. The van der Waals surface area contributed by atoms with Gasteiger partial charge in [0.05, 0.1) is 11.6 Å². The summed E-state index contributed by atoms with van der Waals surface area (Å²) in [5, 5.41) is 6.25. The van der Waals surface area contributed by atoms with Crippen LogP contribution in [0.25, 0.3) is 10.9 Å². The van der Waals surface area contributed by atoms with Gasteiger partial charge < -0.3 is 22.1 Å². The summed E-state index contributed by atoms with van der Waals surface area (Å²) < 4.78 is 0. The van der Waals surface area contributed by atoms with E-state index < -0.39 is 12.1 Å². The average Bonchev–Trinajstić information content (AvgIpc) is 2.76. The molecule has 0 spiro atoms. The molecule has 172 valence electrons. The molecule has 0 fully saturated rings. The lowest BCUT2D eigenvalue weighted by molar-refractivity contribution is -0.129. The van der Waals surface area contributed by atoms with E-state index >= 15 is 0 Å². The van der Waals surface area contributed by atoms with Gasteiger partial charge in [-0.1, -0.05) is 36.4 Å². The lowest BCUT2D eigenvalue weighted by Crippen LogP contribution is -2.50. The van der Waals surface area contributed by atoms with Gasteiger partial charge in [0.1, 0.15) is 18.2 Å². The van der Waals surface area contributed by atoms with Crippen LogP contribution in [0.4, 0.5) is 5.82 Å². The highest BCUT2D eigenvalue weighted by atomic mass is 35.5. The van der Waals surface area contributed by atoms with Crippen molar-refractivity contribution in [1.29, 1.82) is 0 Å². The number of aryl methyl sites for hydroxylation is 1. The van der Waals surface area contributed by atoms with E-state index in [1.807, 2.05) is 48.5 Å². The molecule has 0 saturated carbocycles. The average molecular weight is 479 g/mol. The summed E-state index contributed by atoms with van der Waals surface area (Å²) in [6.45, 7) is 1.93. The maximum atomic E-state index is 12.4. The number of nitrogen functional groups attached to an aromatic ring is 1. The van der Waals surface area contributed by atoms with Crippen molar-refractivity contribution in [2.75, 3.05) is 5.73 Å². The standard InChI is InChI=1S/C22H26N6O2.2ClH/c1-14(28-22(30)18(23)10-8-15-5-3-2-4-6-15)21(29)25-12-16-7-9-17-19(11-16)26-13-27-20(17)24;;/h2-7,9,11,13-14,18H,8,10,12,23H2,1H3,(H,25,29)(H,28,30)(H2,24,26,27);2*1H. The topological polar surface area (TPSA) is 136 Å². The molecule has 2 atom stereocenters. The Morgan fingerprint density at radius 1 is 1.00 bits per heavy atom. The summed E-state index contributed by atoms with van der Waals surface area (Å²) in [5.41, 5.74) is 14.5. The van der Waals surface area contributed by atoms with Gasteiger partial charge in [0.15, 0.2) is 0 Å². The number of carbonyl (C=O) groups is 2. The fourth-order valence-electron chi connectivity index (χ4n) is 3.06. The molecule has 0 bridgehead atoms. The number of aromatic nitrogens is 2. The van der Waals surface area contributed by atoms with Crippen LogP contribution in [0.1, 0.15) is 24.5 Å². The monoisotopic (exact) mass is 478 g/mol. The van der Waals surface area contributed by atoms with E-state index in [1.165, 1.54) is 6.33 Å². The maximum absolute atomic E-state index is 12.4. The highest BCUT2D eigenvalue weighted by molar-refractivity contribution is 5.90. The van der Waals surface area contributed by atoms with Crippen molar-refractivity contribution in [3.63, 3.8) is 0 Å². The van der Waals surface area contributed by atoms with Crippen LogP contribution in [0.2, 0.25) is 0 Å². The highest BCUT2D eigenvalue weighted by Gasteiger charge is 2.20. The number of halogens is 2. The molecule has 0 aliphatic rings. The zero-order chi connectivity index (χ0) is 21.5. The molecule has 0 aliphatic heterocycles. The Bertz CT molecular complexity index is 1040. The molecule has 8 nitrogen and oxygen atoms in total. The second kappa shape index (κ2) is 12.8. The first-order valence-electron chi connectivity index (χ1n) is 9.80. The van der Waals surface area contributed by atoms with Gasteiger partial charge in [-0.25, -0.2) is 9.97 Å². The predicted octanol–water partition coefficient (Wildman–Crippen LogP) is 2.14. The van der Waals surface area contributed by atoms with Crippen LogP contribution in [0.5, 0.6) is 0 Å². The number of hydrogen-bond donors (Lipinski definition) is 4. The number of anilines is 1. The van der Waals surface area contributed by atoms with E-state index in [4.69, 9.17) is 11.5 Å². The van der Waals surface area contributed by atoms with E-state index in [-0.39, 0.29) is 36.6 Å². The number of carbonyl (C=O) groups excluding carboxylic acids is 2. The Morgan fingerprint density at radius 3 is 2.44 bits per heavy atom. The Labute approximate surface area is 199 Å². The molecule has 2 unspecified atom stereocenters. The van der Waals surface area contributed by atoms with Gasteiger partial charge in [-0.15, -0.1) is 24.8 Å². The van der Waals surface area contributed by atoms with Crippen molar-refractivity contribution < 1.29 is 9.59 Å². The number of nitrogens with zero attached hydrogens (tertiary/aromatic N) is 2. The first-order chi connectivity index (χ1) is 14.4. The molecule has 2 aromatic carbocycles. The molecular formula is C22H28Cl2N6O2. The minimum atomic E-state index is -0.696. The first-order valence-corrected chi connectivity index (χ1v) is 9.80. The molecule has 3 rings (SSSR count). The van der Waals surface area contributed by atoms with Gasteiger partial charge in [-0.3, -0.25) is 9.59 Å². The van der Waals surface area contributed by atoms with Gasteiger partial charge in [0, 0.05) is 11.9 Å². The molecule has 0 saturated heterocycles. The Balaban J connectivity index is 0.00000256. The number of nitrogens with two attached hydrogens (primary N) is 2. The van der Waals surface area contributed by atoms with Crippen LogP contribution >= 0.6 is 24.8 Å². The van der Waals surface area contributed by atoms with E-state index in [0.29, 0.717) is 30.7 Å². The molecule has 6 N–H and O–H groups in total. The molecule has 32 heavy (non-hydrogen) atoms. The molecule has 0 radical (unpaired) electrons. The minimum Gasteiger partial charge on any atom is -0.383 e. The van der Waals surface area contributed by atoms with Crippen LogP contribution in [-0.2, 0) is 22.6 Å². The van der Waals surface area contributed by atoms with Gasteiger partial charge >= 0.3 is 0 Å². The van der Waals surface area contributed by atoms with Crippen LogP contribution in [-0.4, -0.2) is 33.9 Å². The van der Waals surface area contributed by atoms with Crippen molar-refractivity contribution in [2.24, 2.45) is 5.73 Å². The van der Waals surface area contributed by atoms with E-state index in [2.05, 4.69) is 20.6 Å². The lowest BCUT2D eigenvalue weighted by Gasteiger charge is -2.17. The number of fused-ring (bicyclic) bond motifs is 1. The summed E-state index contributed by atoms with van der Waals surface area (Å²) in [6.07, 6.45) is 2.61. The maximum Gasteiger partial charge on any atom is 0.242 e. The number of hydrogen-bond acceptors (Lipinski definition) is 6. The SMILES string of the molecule is CC(NC(=O)C(N)CCc1ccccc1)C(=O)NCc1ccc2c(N)ncnc2c1.Cl.Cl. The molecule has 10 heteroatoms. The van der Waals surface area contributed by atoms with Gasteiger partial charge in [0.2, 0.25) is 11.8 Å². The predicted molar refractivity (Wildman–Crippen MR) is 131 cm³/mol. The van der Waals surface area contributed by atoms with Crippen LogP contribution < -0.4 is 22.1 Å². The molecule has 1 heterocycles. The minimum absolute atomic E-state index is 0. The first kappa shape index (κ1) is 27.1. The van der Waals surface area contributed by atoms with E-state index in [0.717, 1.165) is 16.5 Å². The summed E-state index contributed by atoms with van der Waals surface area (Å²) in [4.78, 5) is 32.8. The number of benzene rings is 2. The molecule has 3 aromatic rings. The summed E-state index contributed by atoms with van der Waals surface area (Å²) >= 11 is 0. The smallest absolute Gasteiger partial charge is 0.242 e. The number of rotatable bonds is 8. The molecular weight excluding hydrogens is 451 g/mol. The number of amides is 2. The largest absolute Gasteiger partial charge is 0.383 e. The van der Waals surface area contributed by atoms with Crippen molar-refractivity contribution in [2.45, 2.75) is 38.4 Å². The van der Waals surface area contributed by atoms with Crippen LogP contribution in [0, 0.1) is 0 Å². The van der Waals surface area contributed by atoms with Gasteiger partial charge in [0.25, 0.3) is 0 Å². The van der Waals surface area contributed by atoms with Crippen molar-refractivity contribution in [3.8, 4) is 0 Å². The summed E-state index contributed by atoms with van der Waals surface area (Å²) in [5.74, 6) is -0.220. The summed E-state index contributed by atoms with van der Waals surface area (Å²) in [6, 6.07) is 14.0. The summed E-state index contributed by atoms with van der Waals surface area (Å²) in [7, 11) is 0. The quantitative estimate of drug-likeness (QED) is 0.391. The Kier molecular flexibility index (Phi) is 10.8. The molecule has 0 aliphatic carbocycles. The molecule has 1 aromatic heterocycles. The van der Waals surface area contributed by atoms with Crippen molar-refractivity contribution >= 4 is 53.3 Å².